The molecule has 1 aliphatic heterocycles. The molecule has 1 aliphatic carbocycles. The van der Waals surface area contributed by atoms with Gasteiger partial charge in [0, 0.05) is 18.1 Å². The number of benzene rings is 3. The number of fused-ring (bicyclic) bond motifs is 3. The van der Waals surface area contributed by atoms with Gasteiger partial charge in [-0.1, -0.05) is 60.1 Å². The monoisotopic (exact) mass is 436 g/mol. The second kappa shape index (κ2) is 7.86. The van der Waals surface area contributed by atoms with Gasteiger partial charge in [-0.3, -0.25) is 0 Å². The van der Waals surface area contributed by atoms with Crippen molar-refractivity contribution in [2.24, 2.45) is 0 Å². The lowest BCUT2D eigenvalue weighted by atomic mass is 9.71. The van der Waals surface area contributed by atoms with Gasteiger partial charge in [-0.25, -0.2) is 0 Å². The molecule has 31 heavy (non-hydrogen) atoms. The van der Waals surface area contributed by atoms with Gasteiger partial charge in [0.1, 0.15) is 23.7 Å². The maximum atomic E-state index is 12.4. The Kier molecular flexibility index (Phi) is 5.17. The van der Waals surface area contributed by atoms with Gasteiger partial charge >= 0.3 is 0 Å². The van der Waals surface area contributed by atoms with Gasteiger partial charge in [-0.15, -0.1) is 0 Å². The van der Waals surface area contributed by atoms with Crippen molar-refractivity contribution in [1.29, 1.82) is 0 Å². The Labute approximate surface area is 187 Å². The predicted octanol–water partition coefficient (Wildman–Crippen LogP) is 5.42. The fourth-order valence-corrected chi connectivity index (χ4v) is 5.44. The molecule has 4 nitrogen and oxygen atoms in total. The Morgan fingerprint density at radius 2 is 1.77 bits per heavy atom. The third-order valence-electron chi connectivity index (χ3n) is 6.59. The van der Waals surface area contributed by atoms with E-state index in [0.29, 0.717) is 36.2 Å². The minimum atomic E-state index is -1.24. The number of hydrogen-bond donors (Lipinski definition) is 1. The summed E-state index contributed by atoms with van der Waals surface area (Å²) >= 11 is 6.20. The van der Waals surface area contributed by atoms with Crippen LogP contribution >= 0.6 is 11.6 Å². The van der Waals surface area contributed by atoms with Gasteiger partial charge in [0.2, 0.25) is 0 Å². The van der Waals surface area contributed by atoms with Gasteiger partial charge < -0.3 is 19.3 Å². The van der Waals surface area contributed by atoms with Crippen molar-refractivity contribution in [1.82, 2.24) is 0 Å². The average Bonchev–Trinajstić information content (AvgIpc) is 3.22. The molecule has 0 amide bonds. The van der Waals surface area contributed by atoms with Crippen LogP contribution in [0.25, 0.3) is 0 Å². The molecule has 0 bridgehead atoms. The Morgan fingerprint density at radius 1 is 1.00 bits per heavy atom. The molecule has 1 fully saturated rings. The molecule has 1 saturated carbocycles. The molecule has 0 radical (unpaired) electrons. The van der Waals surface area contributed by atoms with E-state index in [1.807, 2.05) is 60.7 Å². The third kappa shape index (κ3) is 3.05. The highest BCUT2D eigenvalue weighted by molar-refractivity contribution is 6.30. The minimum Gasteiger partial charge on any atom is -0.491 e. The van der Waals surface area contributed by atoms with Crippen LogP contribution < -0.4 is 9.47 Å². The van der Waals surface area contributed by atoms with Crippen molar-refractivity contribution >= 4 is 11.6 Å². The van der Waals surface area contributed by atoms with Crippen LogP contribution in [0.15, 0.2) is 72.8 Å². The number of halogens is 1. The Morgan fingerprint density at radius 3 is 2.52 bits per heavy atom. The summed E-state index contributed by atoms with van der Waals surface area (Å²) < 4.78 is 17.9. The van der Waals surface area contributed by atoms with E-state index < -0.39 is 11.2 Å². The molecule has 160 valence electrons. The summed E-state index contributed by atoms with van der Waals surface area (Å²) in [6, 6.07) is 23.6. The van der Waals surface area contributed by atoms with Crippen LogP contribution in [0.4, 0.5) is 0 Å². The quantitative estimate of drug-likeness (QED) is 0.524. The van der Waals surface area contributed by atoms with Gasteiger partial charge in [-0.05, 0) is 48.2 Å². The molecular formula is C26H25ClO4. The zero-order chi connectivity index (χ0) is 21.5. The molecule has 1 N–H and O–H groups in total. The predicted molar refractivity (Wildman–Crippen MR) is 120 cm³/mol. The topological polar surface area (TPSA) is 47.9 Å². The minimum absolute atomic E-state index is 0.0286. The van der Waals surface area contributed by atoms with Gasteiger partial charge in [0.25, 0.3) is 0 Å². The maximum absolute atomic E-state index is 12.4. The molecule has 0 spiro atoms. The highest BCUT2D eigenvalue weighted by Crippen LogP contribution is 2.68. The highest BCUT2D eigenvalue weighted by atomic mass is 35.5. The molecule has 0 aromatic heterocycles. The van der Waals surface area contributed by atoms with E-state index >= 15 is 0 Å². The van der Waals surface area contributed by atoms with E-state index in [-0.39, 0.29) is 5.92 Å². The van der Waals surface area contributed by atoms with Gasteiger partial charge in [-0.2, -0.15) is 0 Å². The van der Waals surface area contributed by atoms with Crippen LogP contribution in [0, 0.1) is 0 Å². The normalized spacial score (nSPS) is 26.2. The lowest BCUT2D eigenvalue weighted by molar-refractivity contribution is -0.106. The van der Waals surface area contributed by atoms with E-state index in [4.69, 9.17) is 25.8 Å². The molecule has 5 rings (SSSR count). The van der Waals surface area contributed by atoms with Crippen LogP contribution in [0.3, 0.4) is 0 Å². The van der Waals surface area contributed by atoms with Crippen molar-refractivity contribution in [2.75, 3.05) is 20.3 Å². The molecule has 5 heteroatoms. The molecule has 3 atom stereocenters. The summed E-state index contributed by atoms with van der Waals surface area (Å²) in [5.74, 6) is 1.27. The van der Waals surface area contributed by atoms with Crippen molar-refractivity contribution in [3.05, 3.63) is 94.5 Å². The number of hydrogen-bond acceptors (Lipinski definition) is 4. The number of methoxy groups -OCH3 is 1. The Hall–Kier alpha value is -2.53. The SMILES string of the molecule is COCCOc1cccc2c1[C@]1(O)CC[C@@H](c3ccccc3)[C@]1(c1ccc(Cl)cc1)O2. The lowest BCUT2D eigenvalue weighted by Crippen LogP contribution is -2.48. The molecule has 3 aromatic rings. The summed E-state index contributed by atoms with van der Waals surface area (Å²) in [5, 5.41) is 13.0. The lowest BCUT2D eigenvalue weighted by Gasteiger charge is -2.40. The summed E-state index contributed by atoms with van der Waals surface area (Å²) in [4.78, 5) is 0. The average molecular weight is 437 g/mol. The molecule has 0 unspecified atom stereocenters. The summed E-state index contributed by atoms with van der Waals surface area (Å²) in [6.07, 6.45) is 1.35. The van der Waals surface area contributed by atoms with Crippen molar-refractivity contribution in [2.45, 2.75) is 30.0 Å². The van der Waals surface area contributed by atoms with E-state index in [9.17, 15) is 5.11 Å². The van der Waals surface area contributed by atoms with Gasteiger partial charge in [0.15, 0.2) is 5.60 Å². The first kappa shape index (κ1) is 20.4. The van der Waals surface area contributed by atoms with Gasteiger partial charge in [0.05, 0.1) is 12.2 Å². The number of rotatable bonds is 6. The number of aliphatic hydroxyl groups is 1. The summed E-state index contributed by atoms with van der Waals surface area (Å²) in [6.45, 7) is 0.872. The molecule has 2 aliphatic rings. The second-order valence-electron chi connectivity index (χ2n) is 8.18. The first-order chi connectivity index (χ1) is 15.1. The molecule has 1 heterocycles. The van der Waals surface area contributed by atoms with E-state index in [1.54, 1.807) is 7.11 Å². The van der Waals surface area contributed by atoms with Crippen molar-refractivity contribution in [3.8, 4) is 11.5 Å². The smallest absolute Gasteiger partial charge is 0.174 e. The van der Waals surface area contributed by atoms with Crippen molar-refractivity contribution < 1.29 is 19.3 Å². The standard InChI is InChI=1S/C26H25ClO4/c1-29-16-17-30-22-8-5-9-23-24(22)25(28)15-14-21(18-6-3-2-4-7-18)26(25,31-23)19-10-12-20(27)13-11-19/h2-13,21,28H,14-17H2,1H3/t21-,25+,26-/m0/s1. The Bertz CT molecular complexity index is 1070. The van der Waals surface area contributed by atoms with Crippen LogP contribution in [0.5, 0.6) is 11.5 Å². The second-order valence-corrected chi connectivity index (χ2v) is 8.61. The molecule has 0 saturated heterocycles. The van der Waals surface area contributed by atoms with E-state index in [1.165, 1.54) is 0 Å². The van der Waals surface area contributed by atoms with Crippen LogP contribution in [-0.2, 0) is 15.9 Å². The van der Waals surface area contributed by atoms with Crippen LogP contribution in [0.1, 0.15) is 35.4 Å². The zero-order valence-corrected chi connectivity index (χ0v) is 18.1. The fraction of sp³-hybridized carbons (Fsp3) is 0.308. The third-order valence-corrected chi connectivity index (χ3v) is 6.84. The van der Waals surface area contributed by atoms with Crippen LogP contribution in [-0.4, -0.2) is 25.4 Å². The Balaban J connectivity index is 1.69. The number of ether oxygens (including phenoxy) is 3. The van der Waals surface area contributed by atoms with Crippen molar-refractivity contribution in [3.63, 3.8) is 0 Å². The molecule has 3 aromatic carbocycles. The van der Waals surface area contributed by atoms with Crippen LogP contribution in [0.2, 0.25) is 5.02 Å². The summed E-state index contributed by atoms with van der Waals surface area (Å²) in [7, 11) is 1.64. The highest BCUT2D eigenvalue weighted by Gasteiger charge is 2.69. The first-order valence-electron chi connectivity index (χ1n) is 10.6. The van der Waals surface area contributed by atoms with E-state index in [0.717, 1.165) is 23.1 Å². The largest absolute Gasteiger partial charge is 0.491 e. The summed E-state index contributed by atoms with van der Waals surface area (Å²) in [5.41, 5.74) is 0.565. The first-order valence-corrected chi connectivity index (χ1v) is 11.0. The maximum Gasteiger partial charge on any atom is 0.174 e. The zero-order valence-electron chi connectivity index (χ0n) is 17.4. The fourth-order valence-electron chi connectivity index (χ4n) is 5.31. The molecular weight excluding hydrogens is 412 g/mol. The van der Waals surface area contributed by atoms with E-state index in [2.05, 4.69) is 12.1 Å².